The van der Waals surface area contributed by atoms with Crippen molar-refractivity contribution in [3.05, 3.63) is 29.3 Å². The molecule has 1 aliphatic carbocycles. The number of carbonyl (C=O) groups is 2. The van der Waals surface area contributed by atoms with Gasteiger partial charge in [0.25, 0.3) is 0 Å². The summed E-state index contributed by atoms with van der Waals surface area (Å²) < 4.78 is 38.2. The molecule has 24 heavy (non-hydrogen) atoms. The average molecular weight is 344 g/mol. The van der Waals surface area contributed by atoms with Gasteiger partial charge in [-0.1, -0.05) is 6.07 Å². The Bertz CT molecular complexity index is 623. The Labute approximate surface area is 137 Å². The van der Waals surface area contributed by atoms with Gasteiger partial charge in [0.15, 0.2) is 0 Å². The third kappa shape index (κ3) is 4.70. The maximum Gasteiger partial charge on any atom is 0.416 e. The lowest BCUT2D eigenvalue weighted by Gasteiger charge is -2.25. The second-order valence-corrected chi connectivity index (χ2v) is 5.96. The zero-order valence-electron chi connectivity index (χ0n) is 13.1. The van der Waals surface area contributed by atoms with E-state index in [1.165, 1.54) is 13.0 Å². The lowest BCUT2D eigenvalue weighted by Crippen LogP contribution is -2.44. The van der Waals surface area contributed by atoms with Crippen LogP contribution in [0.1, 0.15) is 36.8 Å². The zero-order valence-corrected chi connectivity index (χ0v) is 13.1. The first-order valence-electron chi connectivity index (χ1n) is 7.64. The maximum absolute atomic E-state index is 12.7. The second-order valence-electron chi connectivity index (χ2n) is 5.96. The first-order valence-corrected chi connectivity index (χ1v) is 7.64. The van der Waals surface area contributed by atoms with Gasteiger partial charge in [0.05, 0.1) is 11.7 Å². The lowest BCUT2D eigenvalue weighted by atomic mass is 9.93. The van der Waals surface area contributed by atoms with Crippen LogP contribution < -0.4 is 10.6 Å². The summed E-state index contributed by atoms with van der Waals surface area (Å²) in [6.07, 6.45) is -2.72. The van der Waals surface area contributed by atoms with Crippen LogP contribution in [0.4, 0.5) is 18.9 Å². The Balaban J connectivity index is 2.00. The normalized spacial score (nSPS) is 21.2. The topological polar surface area (TPSA) is 78.4 Å². The van der Waals surface area contributed by atoms with Gasteiger partial charge >= 0.3 is 18.0 Å². The number of amides is 2. The Morgan fingerprint density at radius 2 is 1.75 bits per heavy atom. The van der Waals surface area contributed by atoms with E-state index in [1.807, 2.05) is 0 Å². The highest BCUT2D eigenvalue weighted by Gasteiger charge is 2.31. The first kappa shape index (κ1) is 18.3. The van der Waals surface area contributed by atoms with Gasteiger partial charge in [-0.2, -0.15) is 13.2 Å². The Morgan fingerprint density at radius 3 is 2.33 bits per heavy atom. The molecule has 2 rings (SSSR count). The van der Waals surface area contributed by atoms with Gasteiger partial charge in [-0.25, -0.2) is 0 Å². The van der Waals surface area contributed by atoms with Gasteiger partial charge in [0.1, 0.15) is 0 Å². The third-order valence-corrected chi connectivity index (χ3v) is 4.05. The molecule has 0 heterocycles. The summed E-state index contributed by atoms with van der Waals surface area (Å²) in [4.78, 5) is 23.8. The fourth-order valence-electron chi connectivity index (χ4n) is 2.58. The molecule has 3 N–H and O–H groups in total. The molecule has 0 atom stereocenters. The lowest BCUT2D eigenvalue weighted by molar-refractivity contribution is -0.137. The smallest absolute Gasteiger partial charge is 0.393 e. The van der Waals surface area contributed by atoms with Crippen LogP contribution >= 0.6 is 0 Å². The van der Waals surface area contributed by atoms with E-state index in [0.29, 0.717) is 31.2 Å². The monoisotopic (exact) mass is 344 g/mol. The molecule has 0 saturated heterocycles. The van der Waals surface area contributed by atoms with Crippen molar-refractivity contribution < 1.29 is 27.9 Å². The summed E-state index contributed by atoms with van der Waals surface area (Å²) in [5.41, 5.74) is -0.529. The number of hydrogen-bond acceptors (Lipinski definition) is 3. The highest BCUT2D eigenvalue weighted by Crippen LogP contribution is 2.32. The molecule has 1 aromatic carbocycles. The van der Waals surface area contributed by atoms with E-state index in [1.54, 1.807) is 0 Å². The summed E-state index contributed by atoms with van der Waals surface area (Å²) in [6, 6.07) is 2.74. The molecule has 1 aromatic rings. The predicted octanol–water partition coefficient (Wildman–Crippen LogP) is 2.37. The molecular weight excluding hydrogens is 325 g/mol. The van der Waals surface area contributed by atoms with E-state index < -0.39 is 23.6 Å². The minimum Gasteiger partial charge on any atom is -0.393 e. The average Bonchev–Trinajstić information content (AvgIpc) is 2.50. The van der Waals surface area contributed by atoms with Crippen LogP contribution in [0.25, 0.3) is 0 Å². The van der Waals surface area contributed by atoms with Crippen molar-refractivity contribution in [1.82, 2.24) is 5.32 Å². The Morgan fingerprint density at radius 1 is 1.12 bits per heavy atom. The molecule has 1 aliphatic rings. The quantitative estimate of drug-likeness (QED) is 0.721. The molecule has 0 radical (unpaired) electrons. The van der Waals surface area contributed by atoms with Crippen LogP contribution in [0.3, 0.4) is 0 Å². The number of carbonyl (C=O) groups excluding carboxylic acids is 2. The number of aliphatic hydroxyl groups excluding tert-OH is 1. The van der Waals surface area contributed by atoms with Crippen LogP contribution in [0.5, 0.6) is 0 Å². The number of aryl methyl sites for hydroxylation is 1. The summed E-state index contributed by atoms with van der Waals surface area (Å²) >= 11 is 0. The first-order chi connectivity index (χ1) is 11.2. The largest absolute Gasteiger partial charge is 0.416 e. The zero-order chi connectivity index (χ0) is 17.9. The summed E-state index contributed by atoms with van der Waals surface area (Å²) in [7, 11) is 0. The number of aliphatic hydroxyl groups is 1. The van der Waals surface area contributed by atoms with E-state index in [-0.39, 0.29) is 17.8 Å². The van der Waals surface area contributed by atoms with Crippen LogP contribution in [0.15, 0.2) is 18.2 Å². The van der Waals surface area contributed by atoms with Gasteiger partial charge in [0, 0.05) is 11.7 Å². The molecule has 0 aliphatic heterocycles. The highest BCUT2D eigenvalue weighted by atomic mass is 19.4. The van der Waals surface area contributed by atoms with Gasteiger partial charge < -0.3 is 15.7 Å². The number of rotatable bonds is 2. The molecule has 5 nitrogen and oxygen atoms in total. The standard InChI is InChI=1S/C16H19F3N2O3/c1-9-2-3-10(16(17,18)19)8-13(9)21-15(24)14(23)20-11-4-6-12(22)7-5-11/h2-3,8,11-12,22H,4-7H2,1H3,(H,20,23)(H,21,24). The number of nitrogens with one attached hydrogen (secondary N) is 2. The van der Waals surface area contributed by atoms with Crippen molar-refractivity contribution in [2.75, 3.05) is 5.32 Å². The summed E-state index contributed by atoms with van der Waals surface area (Å²) in [5.74, 6) is -1.91. The number of halogens is 3. The number of benzene rings is 1. The van der Waals surface area contributed by atoms with E-state index in [2.05, 4.69) is 10.6 Å². The minimum atomic E-state index is -4.53. The van der Waals surface area contributed by atoms with Crippen molar-refractivity contribution in [2.24, 2.45) is 0 Å². The Hall–Kier alpha value is -2.09. The molecular formula is C16H19F3N2O3. The molecule has 0 bridgehead atoms. The van der Waals surface area contributed by atoms with Crippen LogP contribution in [0, 0.1) is 6.92 Å². The van der Waals surface area contributed by atoms with Crippen molar-refractivity contribution >= 4 is 17.5 Å². The fourth-order valence-corrected chi connectivity index (χ4v) is 2.58. The number of hydrogen-bond donors (Lipinski definition) is 3. The van der Waals surface area contributed by atoms with Gasteiger partial charge in [-0.15, -0.1) is 0 Å². The summed E-state index contributed by atoms with van der Waals surface area (Å²) in [6.45, 7) is 1.54. The van der Waals surface area contributed by atoms with Crippen molar-refractivity contribution in [3.8, 4) is 0 Å². The molecule has 8 heteroatoms. The number of anilines is 1. The van der Waals surface area contributed by atoms with E-state index in [9.17, 15) is 27.9 Å². The highest BCUT2D eigenvalue weighted by molar-refractivity contribution is 6.39. The van der Waals surface area contributed by atoms with E-state index in [4.69, 9.17) is 0 Å². The molecule has 0 aromatic heterocycles. The van der Waals surface area contributed by atoms with Crippen LogP contribution in [-0.2, 0) is 15.8 Å². The van der Waals surface area contributed by atoms with Crippen LogP contribution in [-0.4, -0.2) is 29.1 Å². The summed E-state index contributed by atoms with van der Waals surface area (Å²) in [5, 5.41) is 14.2. The van der Waals surface area contributed by atoms with Crippen LogP contribution in [0.2, 0.25) is 0 Å². The molecule has 1 saturated carbocycles. The molecule has 132 valence electrons. The van der Waals surface area contributed by atoms with Crippen molar-refractivity contribution in [3.63, 3.8) is 0 Å². The molecule has 2 amide bonds. The third-order valence-electron chi connectivity index (χ3n) is 4.05. The van der Waals surface area contributed by atoms with Crippen molar-refractivity contribution in [1.29, 1.82) is 0 Å². The van der Waals surface area contributed by atoms with Gasteiger partial charge in [-0.3, -0.25) is 9.59 Å². The van der Waals surface area contributed by atoms with E-state index >= 15 is 0 Å². The second kappa shape index (κ2) is 7.21. The fraction of sp³-hybridized carbons (Fsp3) is 0.500. The van der Waals surface area contributed by atoms with Gasteiger partial charge in [-0.05, 0) is 50.3 Å². The maximum atomic E-state index is 12.7. The SMILES string of the molecule is Cc1ccc(C(F)(F)F)cc1NC(=O)C(=O)NC1CCC(O)CC1. The van der Waals surface area contributed by atoms with E-state index in [0.717, 1.165) is 12.1 Å². The minimum absolute atomic E-state index is 0.0518. The molecule has 1 fully saturated rings. The number of alkyl halides is 3. The molecule has 0 spiro atoms. The van der Waals surface area contributed by atoms with Crippen molar-refractivity contribution in [2.45, 2.75) is 50.9 Å². The molecule has 0 unspecified atom stereocenters. The Kier molecular flexibility index (Phi) is 5.48. The van der Waals surface area contributed by atoms with Gasteiger partial charge in [0.2, 0.25) is 0 Å². The predicted molar refractivity (Wildman–Crippen MR) is 81.2 cm³/mol.